The SMILES string of the molecule is C[C@H]1CCCC[C@]12NC(=O)N(CC(=O)OCC(=O)c1ccccc1)C2=O. The molecule has 3 amide bonds. The number of nitrogens with zero attached hydrogens (tertiary/aromatic N) is 1. The highest BCUT2D eigenvalue weighted by molar-refractivity contribution is 6.09. The monoisotopic (exact) mass is 358 g/mol. The lowest BCUT2D eigenvalue weighted by atomic mass is 9.73. The molecule has 7 nitrogen and oxygen atoms in total. The van der Waals surface area contributed by atoms with Crippen molar-refractivity contribution in [1.29, 1.82) is 0 Å². The standard InChI is InChI=1S/C19H22N2O5/c1-13-7-5-6-10-19(13)17(24)21(18(25)20-19)11-16(23)26-12-15(22)14-8-3-2-4-9-14/h2-4,8-9,13H,5-7,10-12H2,1H3,(H,20,25)/t13-,19-/m0/s1. The van der Waals surface area contributed by atoms with Crippen molar-refractivity contribution in [3.05, 3.63) is 35.9 Å². The van der Waals surface area contributed by atoms with E-state index in [9.17, 15) is 19.2 Å². The Morgan fingerprint density at radius 2 is 1.96 bits per heavy atom. The van der Waals surface area contributed by atoms with Crippen molar-refractivity contribution < 1.29 is 23.9 Å². The van der Waals surface area contributed by atoms with Crippen molar-refractivity contribution in [2.24, 2.45) is 5.92 Å². The Morgan fingerprint density at radius 1 is 1.23 bits per heavy atom. The van der Waals surface area contributed by atoms with E-state index in [0.29, 0.717) is 12.0 Å². The number of benzene rings is 1. The van der Waals surface area contributed by atoms with Crippen LogP contribution in [0.15, 0.2) is 30.3 Å². The quantitative estimate of drug-likeness (QED) is 0.493. The van der Waals surface area contributed by atoms with E-state index in [1.807, 2.05) is 6.92 Å². The van der Waals surface area contributed by atoms with Crippen LogP contribution in [0, 0.1) is 5.92 Å². The molecule has 1 spiro atoms. The average molecular weight is 358 g/mol. The number of esters is 1. The summed E-state index contributed by atoms with van der Waals surface area (Å²) in [4.78, 5) is 49.9. The molecule has 0 aromatic heterocycles. The number of nitrogens with one attached hydrogen (secondary N) is 1. The first-order valence-electron chi connectivity index (χ1n) is 8.82. The maximum Gasteiger partial charge on any atom is 0.326 e. The summed E-state index contributed by atoms with van der Waals surface area (Å²) in [6.45, 7) is 1.03. The minimum absolute atomic E-state index is 0.0216. The van der Waals surface area contributed by atoms with Crippen molar-refractivity contribution in [2.45, 2.75) is 38.1 Å². The Kier molecular flexibility index (Phi) is 5.06. The summed E-state index contributed by atoms with van der Waals surface area (Å²) in [5.41, 5.74) is -0.472. The highest BCUT2D eigenvalue weighted by Gasteiger charge is 2.55. The van der Waals surface area contributed by atoms with Crippen molar-refractivity contribution in [3.63, 3.8) is 0 Å². The van der Waals surface area contributed by atoms with E-state index < -0.39 is 30.7 Å². The van der Waals surface area contributed by atoms with E-state index in [0.717, 1.165) is 24.2 Å². The Hall–Kier alpha value is -2.70. The smallest absolute Gasteiger partial charge is 0.326 e. The summed E-state index contributed by atoms with van der Waals surface area (Å²) in [6, 6.07) is 7.89. The van der Waals surface area contributed by atoms with Gasteiger partial charge in [-0.05, 0) is 18.8 Å². The molecular weight excluding hydrogens is 336 g/mol. The van der Waals surface area contributed by atoms with Gasteiger partial charge in [-0.25, -0.2) is 4.79 Å². The van der Waals surface area contributed by atoms with E-state index in [4.69, 9.17) is 4.74 Å². The number of imide groups is 1. The first-order valence-corrected chi connectivity index (χ1v) is 8.82. The Morgan fingerprint density at radius 3 is 2.65 bits per heavy atom. The van der Waals surface area contributed by atoms with Crippen LogP contribution in [-0.2, 0) is 14.3 Å². The van der Waals surface area contributed by atoms with Gasteiger partial charge >= 0.3 is 12.0 Å². The van der Waals surface area contributed by atoms with Crippen molar-refractivity contribution in [2.75, 3.05) is 13.2 Å². The second-order valence-electron chi connectivity index (χ2n) is 6.89. The van der Waals surface area contributed by atoms with E-state index in [2.05, 4.69) is 5.32 Å². The normalized spacial score (nSPS) is 25.3. The zero-order valence-corrected chi connectivity index (χ0v) is 14.7. The van der Waals surface area contributed by atoms with Gasteiger partial charge in [0.2, 0.25) is 0 Å². The molecule has 1 N–H and O–H groups in total. The summed E-state index contributed by atoms with van der Waals surface area (Å²) in [7, 11) is 0. The maximum atomic E-state index is 12.8. The number of carbonyl (C=O) groups excluding carboxylic acids is 4. The third-order valence-electron chi connectivity index (χ3n) is 5.25. The number of carbonyl (C=O) groups is 4. The molecule has 1 aliphatic heterocycles. The largest absolute Gasteiger partial charge is 0.456 e. The van der Waals surface area contributed by atoms with Gasteiger partial charge < -0.3 is 10.1 Å². The number of amides is 3. The molecule has 0 unspecified atom stereocenters. The maximum absolute atomic E-state index is 12.8. The molecule has 2 atom stereocenters. The van der Waals surface area contributed by atoms with Gasteiger partial charge in [0.1, 0.15) is 12.1 Å². The van der Waals surface area contributed by atoms with Crippen LogP contribution in [0.25, 0.3) is 0 Å². The zero-order valence-electron chi connectivity index (χ0n) is 14.7. The van der Waals surface area contributed by atoms with Gasteiger partial charge in [-0.15, -0.1) is 0 Å². The number of rotatable bonds is 5. The summed E-state index contributed by atoms with van der Waals surface area (Å²) in [6.07, 6.45) is 3.32. The molecule has 138 valence electrons. The minimum atomic E-state index is -0.907. The summed E-state index contributed by atoms with van der Waals surface area (Å²) in [5.74, 6) is -1.47. The van der Waals surface area contributed by atoms with E-state index in [1.165, 1.54) is 0 Å². The van der Waals surface area contributed by atoms with Crippen LogP contribution in [0.2, 0.25) is 0 Å². The molecule has 26 heavy (non-hydrogen) atoms. The number of urea groups is 1. The second kappa shape index (κ2) is 7.27. The van der Waals surface area contributed by atoms with Crippen molar-refractivity contribution in [1.82, 2.24) is 10.2 Å². The van der Waals surface area contributed by atoms with E-state index in [1.54, 1.807) is 30.3 Å². The molecular formula is C19H22N2O5. The van der Waals surface area contributed by atoms with E-state index >= 15 is 0 Å². The molecule has 1 aromatic carbocycles. The molecule has 1 aromatic rings. The zero-order chi connectivity index (χ0) is 18.7. The molecule has 7 heteroatoms. The average Bonchev–Trinajstić information content (AvgIpc) is 2.88. The van der Waals surface area contributed by atoms with Gasteiger partial charge in [0.05, 0.1) is 0 Å². The number of hydrogen-bond donors (Lipinski definition) is 1. The third kappa shape index (κ3) is 3.34. The molecule has 0 bridgehead atoms. The Bertz CT molecular complexity index is 733. The van der Waals surface area contributed by atoms with Crippen LogP contribution < -0.4 is 5.32 Å². The molecule has 1 heterocycles. The highest BCUT2D eigenvalue weighted by Crippen LogP contribution is 2.38. The number of hydrogen-bond acceptors (Lipinski definition) is 5. The number of ketones is 1. The molecule has 1 saturated carbocycles. The Labute approximate surface area is 151 Å². The van der Waals surface area contributed by atoms with Crippen LogP contribution in [0.5, 0.6) is 0 Å². The molecule has 1 aliphatic carbocycles. The van der Waals surface area contributed by atoms with Crippen molar-refractivity contribution >= 4 is 23.7 Å². The van der Waals surface area contributed by atoms with E-state index in [-0.39, 0.29) is 17.6 Å². The van der Waals surface area contributed by atoms with Crippen LogP contribution in [0.1, 0.15) is 43.0 Å². The fourth-order valence-electron chi connectivity index (χ4n) is 3.67. The second-order valence-corrected chi connectivity index (χ2v) is 6.89. The van der Waals surface area contributed by atoms with Crippen LogP contribution in [-0.4, -0.2) is 47.3 Å². The van der Waals surface area contributed by atoms with Gasteiger partial charge in [0, 0.05) is 5.56 Å². The Balaban J connectivity index is 1.58. The summed E-state index contributed by atoms with van der Waals surface area (Å²) in [5, 5.41) is 2.78. The van der Waals surface area contributed by atoms with Crippen LogP contribution >= 0.6 is 0 Å². The predicted molar refractivity (Wildman–Crippen MR) is 92.3 cm³/mol. The topological polar surface area (TPSA) is 92.8 Å². The number of Topliss-reactive ketones (excluding diaryl/α,β-unsaturated/α-hetero) is 1. The lowest BCUT2D eigenvalue weighted by molar-refractivity contribution is -0.147. The summed E-state index contributed by atoms with van der Waals surface area (Å²) >= 11 is 0. The molecule has 0 radical (unpaired) electrons. The van der Waals surface area contributed by atoms with Crippen LogP contribution in [0.4, 0.5) is 4.79 Å². The first kappa shape index (κ1) is 18.1. The first-order chi connectivity index (χ1) is 12.4. The van der Waals surface area contributed by atoms with Gasteiger partial charge in [0.15, 0.2) is 12.4 Å². The lowest BCUT2D eigenvalue weighted by Gasteiger charge is -2.36. The molecule has 2 fully saturated rings. The van der Waals surface area contributed by atoms with Gasteiger partial charge in [-0.1, -0.05) is 50.1 Å². The fraction of sp³-hybridized carbons (Fsp3) is 0.474. The molecule has 1 saturated heterocycles. The van der Waals surface area contributed by atoms with Crippen molar-refractivity contribution in [3.8, 4) is 0 Å². The van der Waals surface area contributed by atoms with Gasteiger partial charge in [-0.2, -0.15) is 0 Å². The van der Waals surface area contributed by atoms with Gasteiger partial charge in [0.25, 0.3) is 5.91 Å². The third-order valence-corrected chi connectivity index (χ3v) is 5.25. The minimum Gasteiger partial charge on any atom is -0.456 e. The van der Waals surface area contributed by atoms with Gasteiger partial charge in [-0.3, -0.25) is 19.3 Å². The molecule has 3 rings (SSSR count). The fourth-order valence-corrected chi connectivity index (χ4v) is 3.67. The lowest BCUT2D eigenvalue weighted by Crippen LogP contribution is -2.54. The molecule has 2 aliphatic rings. The number of ether oxygens (including phenoxy) is 1. The highest BCUT2D eigenvalue weighted by atomic mass is 16.5. The summed E-state index contributed by atoms with van der Waals surface area (Å²) < 4.78 is 4.96. The predicted octanol–water partition coefficient (Wildman–Crippen LogP) is 1.91. The van der Waals surface area contributed by atoms with Crippen LogP contribution in [0.3, 0.4) is 0 Å².